The highest BCUT2D eigenvalue weighted by molar-refractivity contribution is 14.1. The third kappa shape index (κ3) is 2.61. The average molecular weight is 344 g/mol. The summed E-state index contributed by atoms with van der Waals surface area (Å²) in [6.07, 6.45) is 6.71. The number of pyridine rings is 1. The van der Waals surface area contributed by atoms with Crippen LogP contribution < -0.4 is 0 Å². The number of hydrogen-bond acceptors (Lipinski definition) is 2. The first-order chi connectivity index (χ1) is 8.13. The zero-order valence-corrected chi connectivity index (χ0v) is 12.3. The summed E-state index contributed by atoms with van der Waals surface area (Å²) in [4.78, 5) is 18.6. The second-order valence-electron chi connectivity index (χ2n) is 4.59. The molecule has 0 aromatic carbocycles. The molecule has 2 heterocycles. The van der Waals surface area contributed by atoms with Crippen LogP contribution in [0.25, 0.3) is 0 Å². The van der Waals surface area contributed by atoms with Crippen LogP contribution in [0.15, 0.2) is 18.5 Å². The van der Waals surface area contributed by atoms with Gasteiger partial charge in [0.15, 0.2) is 0 Å². The van der Waals surface area contributed by atoms with Gasteiger partial charge in [-0.3, -0.25) is 9.78 Å². The molecule has 0 saturated carbocycles. The number of rotatable bonds is 2. The Labute approximate surface area is 116 Å². The van der Waals surface area contributed by atoms with Crippen LogP contribution in [0.3, 0.4) is 0 Å². The molecule has 92 valence electrons. The predicted octanol–water partition coefficient (Wildman–Crippen LogP) is 3.09. The maximum absolute atomic E-state index is 12.5. The molecule has 0 bridgehead atoms. The van der Waals surface area contributed by atoms with E-state index in [1.165, 1.54) is 0 Å². The lowest BCUT2D eigenvalue weighted by atomic mass is 10.1. The number of halogens is 1. The van der Waals surface area contributed by atoms with E-state index in [2.05, 4.69) is 41.4 Å². The van der Waals surface area contributed by atoms with E-state index in [9.17, 15) is 4.79 Å². The summed E-state index contributed by atoms with van der Waals surface area (Å²) >= 11 is 2.19. The van der Waals surface area contributed by atoms with Crippen molar-refractivity contribution in [2.75, 3.05) is 0 Å². The molecule has 17 heavy (non-hydrogen) atoms. The van der Waals surface area contributed by atoms with Crippen LogP contribution in [0.5, 0.6) is 0 Å². The molecule has 2 unspecified atom stereocenters. The summed E-state index contributed by atoms with van der Waals surface area (Å²) in [5.41, 5.74) is 0.712. The SMILES string of the molecule is CCC1CCC(C)N1C(=O)c1cncc(I)c1. The molecule has 0 N–H and O–H groups in total. The Kier molecular flexibility index (Phi) is 4.01. The van der Waals surface area contributed by atoms with Gasteiger partial charge in [-0.15, -0.1) is 0 Å². The minimum Gasteiger partial charge on any atom is -0.333 e. The Bertz CT molecular complexity index is 422. The number of likely N-dealkylation sites (tertiary alicyclic amines) is 1. The maximum atomic E-state index is 12.5. The molecule has 1 fully saturated rings. The Morgan fingerprint density at radius 1 is 1.53 bits per heavy atom. The number of amides is 1. The molecule has 0 radical (unpaired) electrons. The third-order valence-electron chi connectivity index (χ3n) is 3.44. The van der Waals surface area contributed by atoms with Gasteiger partial charge >= 0.3 is 0 Å². The predicted molar refractivity (Wildman–Crippen MR) is 75.9 cm³/mol. The zero-order valence-electron chi connectivity index (χ0n) is 10.2. The number of hydrogen-bond donors (Lipinski definition) is 0. The van der Waals surface area contributed by atoms with E-state index in [0.29, 0.717) is 17.6 Å². The van der Waals surface area contributed by atoms with Gasteiger partial charge in [-0.1, -0.05) is 6.92 Å². The summed E-state index contributed by atoms with van der Waals surface area (Å²) in [6, 6.07) is 2.66. The van der Waals surface area contributed by atoms with Crippen molar-refractivity contribution in [3.05, 3.63) is 27.6 Å². The summed E-state index contributed by atoms with van der Waals surface area (Å²) < 4.78 is 1.01. The molecule has 1 aliphatic heterocycles. The van der Waals surface area contributed by atoms with E-state index in [-0.39, 0.29) is 5.91 Å². The van der Waals surface area contributed by atoms with E-state index in [0.717, 1.165) is 22.8 Å². The van der Waals surface area contributed by atoms with Gasteiger partial charge < -0.3 is 4.90 Å². The minimum absolute atomic E-state index is 0.132. The van der Waals surface area contributed by atoms with Gasteiger partial charge in [0.25, 0.3) is 5.91 Å². The van der Waals surface area contributed by atoms with Crippen LogP contribution in [-0.2, 0) is 0 Å². The summed E-state index contributed by atoms with van der Waals surface area (Å²) in [7, 11) is 0. The van der Waals surface area contributed by atoms with Crippen molar-refractivity contribution in [2.24, 2.45) is 0 Å². The quantitative estimate of drug-likeness (QED) is 0.773. The largest absolute Gasteiger partial charge is 0.333 e. The zero-order chi connectivity index (χ0) is 12.4. The fourth-order valence-electron chi connectivity index (χ4n) is 2.52. The topological polar surface area (TPSA) is 33.2 Å². The Morgan fingerprint density at radius 2 is 2.29 bits per heavy atom. The number of nitrogens with zero attached hydrogens (tertiary/aromatic N) is 2. The molecule has 1 amide bonds. The second-order valence-corrected chi connectivity index (χ2v) is 5.84. The highest BCUT2D eigenvalue weighted by atomic mass is 127. The monoisotopic (exact) mass is 344 g/mol. The molecule has 2 rings (SSSR count). The van der Waals surface area contributed by atoms with E-state index in [4.69, 9.17) is 0 Å². The molecular weight excluding hydrogens is 327 g/mol. The van der Waals surface area contributed by atoms with Gasteiger partial charge in [0, 0.05) is 28.0 Å². The van der Waals surface area contributed by atoms with E-state index < -0.39 is 0 Å². The Morgan fingerprint density at radius 3 is 2.94 bits per heavy atom. The van der Waals surface area contributed by atoms with Gasteiger partial charge in [-0.05, 0) is 54.8 Å². The van der Waals surface area contributed by atoms with Crippen LogP contribution in [0.1, 0.15) is 43.5 Å². The molecular formula is C13H17IN2O. The van der Waals surface area contributed by atoms with Crippen molar-refractivity contribution in [3.8, 4) is 0 Å². The van der Waals surface area contributed by atoms with Crippen LogP contribution in [0.4, 0.5) is 0 Å². The summed E-state index contributed by atoms with van der Waals surface area (Å²) in [6.45, 7) is 4.28. The molecule has 1 aromatic heterocycles. The van der Waals surface area contributed by atoms with Gasteiger partial charge in [0.1, 0.15) is 0 Å². The third-order valence-corrected chi connectivity index (χ3v) is 4.03. The molecule has 2 atom stereocenters. The Hall–Kier alpha value is -0.650. The van der Waals surface area contributed by atoms with Crippen molar-refractivity contribution in [1.82, 2.24) is 9.88 Å². The Balaban J connectivity index is 2.24. The molecule has 1 saturated heterocycles. The van der Waals surface area contributed by atoms with Gasteiger partial charge in [-0.2, -0.15) is 0 Å². The average Bonchev–Trinajstić information content (AvgIpc) is 2.69. The molecule has 1 aliphatic rings. The number of carbonyl (C=O) groups excluding carboxylic acids is 1. The first kappa shape index (κ1) is 12.8. The van der Waals surface area contributed by atoms with E-state index in [1.807, 2.05) is 11.0 Å². The minimum atomic E-state index is 0.132. The van der Waals surface area contributed by atoms with Crippen molar-refractivity contribution in [2.45, 2.75) is 45.2 Å². The molecule has 1 aromatic rings. The molecule has 0 spiro atoms. The molecule has 3 nitrogen and oxygen atoms in total. The van der Waals surface area contributed by atoms with Gasteiger partial charge in [-0.25, -0.2) is 0 Å². The standard InChI is InChI=1S/C13H17IN2O/c1-3-12-5-4-9(2)16(12)13(17)10-6-11(14)8-15-7-10/h6-9,12H,3-5H2,1-2H3. The molecule has 0 aliphatic carbocycles. The highest BCUT2D eigenvalue weighted by Crippen LogP contribution is 2.27. The second kappa shape index (κ2) is 5.33. The smallest absolute Gasteiger partial charge is 0.255 e. The lowest BCUT2D eigenvalue weighted by Crippen LogP contribution is -2.39. The first-order valence-electron chi connectivity index (χ1n) is 6.06. The maximum Gasteiger partial charge on any atom is 0.255 e. The lowest BCUT2D eigenvalue weighted by molar-refractivity contribution is 0.0676. The van der Waals surface area contributed by atoms with Crippen LogP contribution in [0, 0.1) is 3.57 Å². The first-order valence-corrected chi connectivity index (χ1v) is 7.14. The van der Waals surface area contributed by atoms with Gasteiger partial charge in [0.2, 0.25) is 0 Å². The normalized spacial score (nSPS) is 24.1. The van der Waals surface area contributed by atoms with Crippen molar-refractivity contribution >= 4 is 28.5 Å². The fraction of sp³-hybridized carbons (Fsp3) is 0.538. The lowest BCUT2D eigenvalue weighted by Gasteiger charge is -2.28. The van der Waals surface area contributed by atoms with Gasteiger partial charge in [0.05, 0.1) is 5.56 Å². The summed E-state index contributed by atoms with van der Waals surface area (Å²) in [5, 5.41) is 0. The number of carbonyl (C=O) groups is 1. The van der Waals surface area contributed by atoms with Crippen LogP contribution in [-0.4, -0.2) is 27.9 Å². The van der Waals surface area contributed by atoms with Crippen LogP contribution in [0.2, 0.25) is 0 Å². The van der Waals surface area contributed by atoms with Crippen molar-refractivity contribution in [3.63, 3.8) is 0 Å². The highest BCUT2D eigenvalue weighted by Gasteiger charge is 2.33. The van der Waals surface area contributed by atoms with Crippen LogP contribution >= 0.6 is 22.6 Å². The molecule has 4 heteroatoms. The van der Waals surface area contributed by atoms with E-state index in [1.54, 1.807) is 12.4 Å². The van der Waals surface area contributed by atoms with Crippen molar-refractivity contribution in [1.29, 1.82) is 0 Å². The fourth-order valence-corrected chi connectivity index (χ4v) is 3.01. The van der Waals surface area contributed by atoms with Crippen molar-refractivity contribution < 1.29 is 4.79 Å². The number of aromatic nitrogens is 1. The summed E-state index contributed by atoms with van der Waals surface area (Å²) in [5.74, 6) is 0.132. The van der Waals surface area contributed by atoms with E-state index >= 15 is 0 Å².